The molecule has 0 spiro atoms. The minimum absolute atomic E-state index is 0.480. The van der Waals surface area contributed by atoms with E-state index in [9.17, 15) is 0 Å². The van der Waals surface area contributed by atoms with Crippen LogP contribution in [-0.2, 0) is 0 Å². The maximum absolute atomic E-state index is 4.13. The average Bonchev–Trinajstić information content (AvgIpc) is 1.99. The number of nitrogens with one attached hydrogen (secondary N) is 2. The van der Waals surface area contributed by atoms with Crippen molar-refractivity contribution < 1.29 is 0 Å². The molecular formula is C12H30BrN2P. The van der Waals surface area contributed by atoms with Crippen LogP contribution in [-0.4, -0.2) is 23.4 Å². The van der Waals surface area contributed by atoms with Gasteiger partial charge in [0.2, 0.25) is 0 Å². The molecule has 0 aromatic carbocycles. The molecule has 0 radical (unpaired) electrons. The molecule has 0 aromatic heterocycles. The van der Waals surface area contributed by atoms with Crippen LogP contribution >= 0.6 is 21.1 Å². The van der Waals surface area contributed by atoms with Gasteiger partial charge in [0.15, 0.2) is 0 Å². The fourth-order valence-electron chi connectivity index (χ4n) is 2.28. The van der Waals surface area contributed by atoms with Gasteiger partial charge in [-0.2, -0.15) is 0 Å². The molecule has 2 nitrogen and oxygen atoms in total. The third kappa shape index (κ3) is 3.41. The van der Waals surface area contributed by atoms with Gasteiger partial charge < -0.3 is 0 Å². The SMILES string of the molecule is CC(C)NP(Br)(NC(C)C)(C(C)C)C(C)C. The van der Waals surface area contributed by atoms with Crippen LogP contribution in [0.3, 0.4) is 0 Å². The van der Waals surface area contributed by atoms with Crippen molar-refractivity contribution in [2.24, 2.45) is 0 Å². The number of hydrogen-bond acceptors (Lipinski definition) is 2. The number of rotatable bonds is 6. The summed E-state index contributed by atoms with van der Waals surface area (Å²) in [4.78, 5) is 0. The first-order valence-electron chi connectivity index (χ1n) is 6.33. The summed E-state index contributed by atoms with van der Waals surface area (Å²) < 4.78 is 0. The monoisotopic (exact) mass is 312 g/mol. The Morgan fingerprint density at radius 2 is 0.938 bits per heavy atom. The predicted octanol–water partition coefficient (Wildman–Crippen LogP) is 4.49. The van der Waals surface area contributed by atoms with E-state index >= 15 is 0 Å². The topological polar surface area (TPSA) is 24.1 Å². The summed E-state index contributed by atoms with van der Waals surface area (Å²) in [6, 6.07) is 0.959. The molecule has 0 fully saturated rings. The van der Waals surface area contributed by atoms with Gasteiger partial charge in [0, 0.05) is 0 Å². The normalized spacial score (nSPS) is 16.2. The molecule has 0 rings (SSSR count). The molecule has 100 valence electrons. The van der Waals surface area contributed by atoms with E-state index in [1.54, 1.807) is 0 Å². The molecule has 0 aliphatic rings. The molecule has 0 unspecified atom stereocenters. The van der Waals surface area contributed by atoms with Gasteiger partial charge in [0.25, 0.3) is 0 Å². The van der Waals surface area contributed by atoms with Crippen LogP contribution in [0, 0.1) is 0 Å². The van der Waals surface area contributed by atoms with E-state index in [-0.39, 0.29) is 0 Å². The molecule has 0 bridgehead atoms. The number of halogens is 1. The van der Waals surface area contributed by atoms with Crippen LogP contribution in [0.1, 0.15) is 55.4 Å². The van der Waals surface area contributed by atoms with Crippen molar-refractivity contribution >= 4 is 21.1 Å². The fraction of sp³-hybridized carbons (Fsp3) is 1.00. The van der Waals surface area contributed by atoms with Gasteiger partial charge in [0.05, 0.1) is 0 Å². The molecular weight excluding hydrogens is 283 g/mol. The van der Waals surface area contributed by atoms with Crippen molar-refractivity contribution in [3.8, 4) is 0 Å². The molecule has 0 aromatic rings. The molecule has 0 heterocycles. The molecule has 2 N–H and O–H groups in total. The van der Waals surface area contributed by atoms with Crippen LogP contribution in [0.5, 0.6) is 0 Å². The van der Waals surface area contributed by atoms with E-state index in [1.165, 1.54) is 0 Å². The zero-order valence-corrected chi connectivity index (χ0v) is 14.6. The van der Waals surface area contributed by atoms with Crippen molar-refractivity contribution in [2.75, 3.05) is 0 Å². The summed E-state index contributed by atoms with van der Waals surface area (Å²) in [7, 11) is 0. The molecule has 0 amide bonds. The van der Waals surface area contributed by atoms with Crippen LogP contribution in [0.15, 0.2) is 0 Å². The van der Waals surface area contributed by atoms with Gasteiger partial charge in [-0.3, -0.25) is 0 Å². The van der Waals surface area contributed by atoms with Gasteiger partial charge in [-0.1, -0.05) is 0 Å². The summed E-state index contributed by atoms with van der Waals surface area (Å²) >= 11 is 4.13. The standard InChI is InChI=1S/C12H30BrN2P/c1-9(2)14-16(13,11(5)6,12(7)8)15-10(3)4/h9-12,14-15H,1-8H3. The Kier molecular flexibility index (Phi) is 5.94. The van der Waals surface area contributed by atoms with Crippen molar-refractivity contribution in [3.63, 3.8) is 0 Å². The first kappa shape index (κ1) is 16.8. The van der Waals surface area contributed by atoms with Gasteiger partial charge >= 0.3 is 110 Å². The van der Waals surface area contributed by atoms with Gasteiger partial charge in [0.1, 0.15) is 0 Å². The van der Waals surface area contributed by atoms with E-state index in [1.807, 2.05) is 0 Å². The predicted molar refractivity (Wildman–Crippen MR) is 82.7 cm³/mol. The third-order valence-electron chi connectivity index (χ3n) is 3.06. The summed E-state index contributed by atoms with van der Waals surface area (Å²) in [5.74, 6) is 0. The zero-order chi connectivity index (χ0) is 13.2. The molecule has 0 aliphatic carbocycles. The van der Waals surface area contributed by atoms with Crippen molar-refractivity contribution in [3.05, 3.63) is 0 Å². The molecule has 0 aliphatic heterocycles. The van der Waals surface area contributed by atoms with E-state index < -0.39 is 5.61 Å². The fourth-order valence-corrected chi connectivity index (χ4v) is 9.30. The Bertz CT molecular complexity index is 205. The Labute approximate surface area is 110 Å². The first-order valence-corrected chi connectivity index (χ1v) is 10.7. The van der Waals surface area contributed by atoms with E-state index in [0.29, 0.717) is 23.4 Å². The molecule has 0 atom stereocenters. The first-order chi connectivity index (χ1) is 7.03. The van der Waals surface area contributed by atoms with Gasteiger partial charge in [-0.25, -0.2) is 0 Å². The van der Waals surface area contributed by atoms with E-state index in [4.69, 9.17) is 0 Å². The van der Waals surface area contributed by atoms with Crippen LogP contribution in [0.2, 0.25) is 0 Å². The van der Waals surface area contributed by atoms with E-state index in [2.05, 4.69) is 81.1 Å². The zero-order valence-electron chi connectivity index (χ0n) is 12.1. The second kappa shape index (κ2) is 5.65. The second-order valence-corrected chi connectivity index (χ2v) is 15.3. The molecule has 0 saturated carbocycles. The molecule has 16 heavy (non-hydrogen) atoms. The number of hydrogen-bond donors (Lipinski definition) is 2. The summed E-state index contributed by atoms with van der Waals surface area (Å²) in [5.41, 5.74) is -1.12. The molecule has 0 saturated heterocycles. The second-order valence-electron chi connectivity index (χ2n) is 5.90. The van der Waals surface area contributed by atoms with Gasteiger partial charge in [-0.15, -0.1) is 0 Å². The summed E-state index contributed by atoms with van der Waals surface area (Å²) in [6.45, 7) is 18.1. The van der Waals surface area contributed by atoms with Crippen LogP contribution < -0.4 is 10.2 Å². The van der Waals surface area contributed by atoms with Crippen molar-refractivity contribution in [2.45, 2.75) is 78.8 Å². The summed E-state index contributed by atoms with van der Waals surface area (Å²) in [5, 5.41) is 7.67. The molecule has 4 heteroatoms. The minimum atomic E-state index is -2.25. The Morgan fingerprint density at radius 3 is 1.06 bits per heavy atom. The quantitative estimate of drug-likeness (QED) is 0.706. The maximum atomic E-state index is 4.13. The summed E-state index contributed by atoms with van der Waals surface area (Å²) in [6.07, 6.45) is 0. The average molecular weight is 313 g/mol. The Hall–Kier alpha value is 0.830. The Morgan fingerprint density at radius 1 is 0.688 bits per heavy atom. The van der Waals surface area contributed by atoms with Crippen LogP contribution in [0.25, 0.3) is 0 Å². The van der Waals surface area contributed by atoms with E-state index in [0.717, 1.165) is 0 Å². The van der Waals surface area contributed by atoms with Crippen molar-refractivity contribution in [1.29, 1.82) is 0 Å². The third-order valence-corrected chi connectivity index (χ3v) is 15.3. The van der Waals surface area contributed by atoms with Gasteiger partial charge in [-0.05, 0) is 0 Å². The van der Waals surface area contributed by atoms with Crippen LogP contribution in [0.4, 0.5) is 0 Å². The van der Waals surface area contributed by atoms with Crippen molar-refractivity contribution in [1.82, 2.24) is 10.2 Å². The Balaban J connectivity index is 5.39.